The minimum Gasteiger partial charge on any atom is -0.404 e. The normalized spacial score (nSPS) is 15.0. The highest BCUT2D eigenvalue weighted by Gasteiger charge is 2.38. The summed E-state index contributed by atoms with van der Waals surface area (Å²) < 4.78 is 16.5. The Morgan fingerprint density at radius 2 is 1.56 bits per heavy atom. The molecule has 0 saturated heterocycles. The molecule has 4 nitrogen and oxygen atoms in total. The SMILES string of the molecule is COC(CCCCC[C@@H](O)CC#C[C@H](C)O[Si](C)(C)C(C)(C)C)OC. The quantitative estimate of drug-likeness (QED) is 0.247. The van der Waals surface area contributed by atoms with Gasteiger partial charge in [-0.05, 0) is 44.3 Å². The van der Waals surface area contributed by atoms with Crippen LogP contribution in [0, 0.1) is 11.8 Å². The summed E-state index contributed by atoms with van der Waals surface area (Å²) in [6, 6.07) is 0. The zero-order valence-electron chi connectivity index (χ0n) is 17.6. The molecule has 5 heteroatoms. The van der Waals surface area contributed by atoms with Gasteiger partial charge in [0.2, 0.25) is 0 Å². The van der Waals surface area contributed by atoms with E-state index in [2.05, 4.69) is 45.7 Å². The Balaban J connectivity index is 4.00. The Morgan fingerprint density at radius 3 is 2.08 bits per heavy atom. The fourth-order valence-corrected chi connectivity index (χ4v) is 3.57. The van der Waals surface area contributed by atoms with Crippen LogP contribution in [0.2, 0.25) is 18.1 Å². The first-order valence-electron chi connectivity index (χ1n) is 9.43. The van der Waals surface area contributed by atoms with Gasteiger partial charge in [0, 0.05) is 20.6 Å². The Kier molecular flexibility index (Phi) is 11.9. The molecule has 148 valence electrons. The van der Waals surface area contributed by atoms with E-state index in [-0.39, 0.29) is 23.5 Å². The second-order valence-corrected chi connectivity index (χ2v) is 13.0. The summed E-state index contributed by atoms with van der Waals surface area (Å²) in [5.41, 5.74) is 0. The van der Waals surface area contributed by atoms with Crippen LogP contribution in [0.15, 0.2) is 0 Å². The topological polar surface area (TPSA) is 47.9 Å². The minimum absolute atomic E-state index is 0.0758. The zero-order chi connectivity index (χ0) is 19.5. The second-order valence-electron chi connectivity index (χ2n) is 8.24. The average molecular weight is 373 g/mol. The highest BCUT2D eigenvalue weighted by atomic mass is 28.4. The molecule has 0 aromatic carbocycles. The lowest BCUT2D eigenvalue weighted by Crippen LogP contribution is -2.43. The molecule has 0 aliphatic carbocycles. The predicted octanol–water partition coefficient (Wildman–Crippen LogP) is 4.72. The van der Waals surface area contributed by atoms with Crippen LogP contribution >= 0.6 is 0 Å². The molecular formula is C20H40O4Si. The van der Waals surface area contributed by atoms with Crippen molar-refractivity contribution in [3.8, 4) is 11.8 Å². The third-order valence-electron chi connectivity index (χ3n) is 4.92. The van der Waals surface area contributed by atoms with E-state index in [1.807, 2.05) is 6.92 Å². The monoisotopic (exact) mass is 372 g/mol. The summed E-state index contributed by atoms with van der Waals surface area (Å²) in [4.78, 5) is 0. The van der Waals surface area contributed by atoms with Gasteiger partial charge in [-0.2, -0.15) is 0 Å². The molecule has 0 heterocycles. The number of hydrogen-bond donors (Lipinski definition) is 1. The third kappa shape index (κ3) is 11.0. The van der Waals surface area contributed by atoms with Crippen molar-refractivity contribution in [3.05, 3.63) is 0 Å². The molecule has 0 aliphatic rings. The number of aliphatic hydroxyl groups excluding tert-OH is 1. The van der Waals surface area contributed by atoms with E-state index in [4.69, 9.17) is 13.9 Å². The van der Waals surface area contributed by atoms with Crippen LogP contribution < -0.4 is 0 Å². The molecule has 0 fully saturated rings. The molecule has 0 saturated carbocycles. The van der Waals surface area contributed by atoms with E-state index < -0.39 is 8.32 Å². The number of rotatable bonds is 11. The molecule has 1 N–H and O–H groups in total. The zero-order valence-corrected chi connectivity index (χ0v) is 18.6. The molecule has 0 amide bonds. The van der Waals surface area contributed by atoms with Gasteiger partial charge in [0.05, 0.1) is 6.10 Å². The lowest BCUT2D eigenvalue weighted by Gasteiger charge is -2.37. The van der Waals surface area contributed by atoms with Gasteiger partial charge in [0.25, 0.3) is 0 Å². The molecule has 0 radical (unpaired) electrons. The standard InChI is InChI=1S/C20H40O4Si/c1-17(24-25(7,8)20(2,3)4)13-12-15-18(21)14-10-9-11-16-19(22-5)23-6/h17-19,21H,9-11,14-16H2,1-8H3/t17-,18+/m0/s1. The smallest absolute Gasteiger partial charge is 0.193 e. The lowest BCUT2D eigenvalue weighted by atomic mass is 10.1. The van der Waals surface area contributed by atoms with Gasteiger partial charge in [-0.25, -0.2) is 0 Å². The summed E-state index contributed by atoms with van der Waals surface area (Å²) >= 11 is 0. The van der Waals surface area contributed by atoms with Crippen molar-refractivity contribution in [2.75, 3.05) is 14.2 Å². The Bertz CT molecular complexity index is 402. The number of methoxy groups -OCH3 is 2. The maximum atomic E-state index is 10.0. The number of unbranched alkanes of at least 4 members (excludes halogenated alkanes) is 2. The summed E-state index contributed by atoms with van der Waals surface area (Å²) in [6.45, 7) is 13.1. The van der Waals surface area contributed by atoms with Gasteiger partial charge in [0.1, 0.15) is 6.10 Å². The number of ether oxygens (including phenoxy) is 2. The Labute approximate surface area is 156 Å². The molecular weight excluding hydrogens is 332 g/mol. The van der Waals surface area contributed by atoms with E-state index in [0.29, 0.717) is 6.42 Å². The minimum atomic E-state index is -1.78. The van der Waals surface area contributed by atoms with E-state index in [1.54, 1.807) is 14.2 Å². The van der Waals surface area contributed by atoms with E-state index >= 15 is 0 Å². The van der Waals surface area contributed by atoms with E-state index in [1.165, 1.54) is 0 Å². The van der Waals surface area contributed by atoms with Gasteiger partial charge < -0.3 is 19.0 Å². The summed E-state index contributed by atoms with van der Waals surface area (Å²) in [7, 11) is 1.54. The number of hydrogen-bond acceptors (Lipinski definition) is 4. The Morgan fingerprint density at radius 1 is 1.00 bits per heavy atom. The maximum Gasteiger partial charge on any atom is 0.193 e. The fourth-order valence-electron chi connectivity index (χ4n) is 2.27. The Hall–Kier alpha value is -0.383. The van der Waals surface area contributed by atoms with Crippen LogP contribution in [0.1, 0.15) is 66.2 Å². The van der Waals surface area contributed by atoms with Crippen molar-refractivity contribution in [2.24, 2.45) is 0 Å². The van der Waals surface area contributed by atoms with Crippen molar-refractivity contribution in [2.45, 2.75) is 103 Å². The first-order valence-corrected chi connectivity index (χ1v) is 12.3. The fraction of sp³-hybridized carbons (Fsp3) is 0.900. The molecule has 25 heavy (non-hydrogen) atoms. The molecule has 0 rings (SSSR count). The van der Waals surface area contributed by atoms with Crippen LogP contribution in [0.3, 0.4) is 0 Å². The predicted molar refractivity (Wildman–Crippen MR) is 107 cm³/mol. The third-order valence-corrected chi connectivity index (χ3v) is 9.48. The summed E-state index contributed by atoms with van der Waals surface area (Å²) in [5, 5.41) is 10.2. The molecule has 0 aromatic rings. The van der Waals surface area contributed by atoms with E-state index in [9.17, 15) is 5.11 Å². The van der Waals surface area contributed by atoms with Crippen LogP contribution in [0.4, 0.5) is 0 Å². The summed E-state index contributed by atoms with van der Waals surface area (Å²) in [5.74, 6) is 6.24. The highest BCUT2D eigenvalue weighted by molar-refractivity contribution is 6.74. The molecule has 0 aromatic heterocycles. The summed E-state index contributed by atoms with van der Waals surface area (Å²) in [6.07, 6.45) is 4.77. The average Bonchev–Trinajstić information content (AvgIpc) is 2.49. The van der Waals surface area contributed by atoms with Crippen molar-refractivity contribution in [1.29, 1.82) is 0 Å². The maximum absolute atomic E-state index is 10.0. The molecule has 0 bridgehead atoms. The van der Waals surface area contributed by atoms with Crippen molar-refractivity contribution in [1.82, 2.24) is 0 Å². The van der Waals surface area contributed by atoms with Crippen LogP contribution in [-0.4, -0.2) is 46.1 Å². The van der Waals surface area contributed by atoms with Gasteiger partial charge in [0.15, 0.2) is 14.6 Å². The lowest BCUT2D eigenvalue weighted by molar-refractivity contribution is -0.107. The molecule has 0 spiro atoms. The second kappa shape index (κ2) is 12.1. The van der Waals surface area contributed by atoms with Gasteiger partial charge in [-0.3, -0.25) is 0 Å². The van der Waals surface area contributed by atoms with Gasteiger partial charge in [-0.15, -0.1) is 0 Å². The van der Waals surface area contributed by atoms with E-state index in [0.717, 1.165) is 32.1 Å². The van der Waals surface area contributed by atoms with Gasteiger partial charge in [-0.1, -0.05) is 45.5 Å². The number of aliphatic hydroxyl groups is 1. The van der Waals surface area contributed by atoms with Gasteiger partial charge >= 0.3 is 0 Å². The highest BCUT2D eigenvalue weighted by Crippen LogP contribution is 2.37. The first-order chi connectivity index (χ1) is 11.5. The largest absolute Gasteiger partial charge is 0.404 e. The molecule has 0 aliphatic heterocycles. The van der Waals surface area contributed by atoms with Crippen molar-refractivity contribution in [3.63, 3.8) is 0 Å². The molecule has 0 unspecified atom stereocenters. The van der Waals surface area contributed by atoms with Crippen molar-refractivity contribution < 1.29 is 19.0 Å². The van der Waals surface area contributed by atoms with Crippen LogP contribution in [0.5, 0.6) is 0 Å². The van der Waals surface area contributed by atoms with Crippen LogP contribution in [-0.2, 0) is 13.9 Å². The van der Waals surface area contributed by atoms with Crippen molar-refractivity contribution >= 4 is 8.32 Å². The first kappa shape index (κ1) is 24.6. The molecule has 2 atom stereocenters. The van der Waals surface area contributed by atoms with Crippen LogP contribution in [0.25, 0.3) is 0 Å².